The first-order valence-electron chi connectivity index (χ1n) is 8.21. The molecule has 0 saturated carbocycles. The zero-order valence-electron chi connectivity index (χ0n) is 14.1. The van der Waals surface area contributed by atoms with Crippen molar-refractivity contribution in [2.75, 3.05) is 37.0 Å². The summed E-state index contributed by atoms with van der Waals surface area (Å²) in [6.45, 7) is 1.75. The zero-order valence-corrected chi connectivity index (χ0v) is 14.1. The first-order chi connectivity index (χ1) is 12.1. The number of morpholine rings is 1. The van der Waals surface area contributed by atoms with E-state index in [4.69, 9.17) is 4.74 Å². The number of carbonyl (C=O) groups is 2. The molecule has 130 valence electrons. The molecule has 1 unspecified atom stereocenters. The first kappa shape index (κ1) is 17.1. The maximum atomic E-state index is 12.7. The lowest BCUT2D eigenvalue weighted by molar-refractivity contribution is -0.128. The summed E-state index contributed by atoms with van der Waals surface area (Å²) in [6.07, 6.45) is -0.514. The molecule has 1 saturated heterocycles. The van der Waals surface area contributed by atoms with Gasteiger partial charge in [0.1, 0.15) is 6.10 Å². The van der Waals surface area contributed by atoms with E-state index in [1.807, 2.05) is 30.3 Å². The number of hydrogen-bond donors (Lipinski definition) is 2. The van der Waals surface area contributed by atoms with Crippen LogP contribution in [0, 0.1) is 0 Å². The van der Waals surface area contributed by atoms with E-state index in [2.05, 4.69) is 10.6 Å². The van der Waals surface area contributed by atoms with E-state index in [0.29, 0.717) is 24.4 Å². The number of nitrogens with one attached hydrogen (secondary N) is 2. The molecule has 0 bridgehead atoms. The van der Waals surface area contributed by atoms with Crippen molar-refractivity contribution in [1.29, 1.82) is 0 Å². The number of nitrogens with zero attached hydrogens (tertiary/aromatic N) is 1. The van der Waals surface area contributed by atoms with Crippen molar-refractivity contribution in [2.24, 2.45) is 0 Å². The van der Waals surface area contributed by atoms with Crippen LogP contribution in [0.3, 0.4) is 0 Å². The van der Waals surface area contributed by atoms with Gasteiger partial charge in [0.2, 0.25) is 0 Å². The summed E-state index contributed by atoms with van der Waals surface area (Å²) >= 11 is 0. The smallest absolute Gasteiger partial charge is 0.258 e. The van der Waals surface area contributed by atoms with Crippen LogP contribution in [0.15, 0.2) is 54.6 Å². The molecule has 0 radical (unpaired) electrons. The molecule has 1 aliphatic rings. The predicted octanol–water partition coefficient (Wildman–Crippen LogP) is 1.89. The molecule has 2 aromatic rings. The lowest BCUT2D eigenvalue weighted by atomic mass is 10.1. The summed E-state index contributed by atoms with van der Waals surface area (Å²) in [5.41, 5.74) is 1.89. The number of hydrogen-bond acceptors (Lipinski definition) is 4. The molecule has 2 N–H and O–H groups in total. The van der Waals surface area contributed by atoms with Crippen LogP contribution in [0.5, 0.6) is 0 Å². The van der Waals surface area contributed by atoms with Crippen LogP contribution in [-0.4, -0.2) is 44.7 Å². The van der Waals surface area contributed by atoms with E-state index >= 15 is 0 Å². The average Bonchev–Trinajstić information content (AvgIpc) is 2.68. The van der Waals surface area contributed by atoms with Gasteiger partial charge in [0.25, 0.3) is 11.8 Å². The lowest BCUT2D eigenvalue weighted by Crippen LogP contribution is -2.45. The summed E-state index contributed by atoms with van der Waals surface area (Å²) in [4.78, 5) is 26.5. The van der Waals surface area contributed by atoms with Gasteiger partial charge in [-0.1, -0.05) is 24.3 Å². The van der Waals surface area contributed by atoms with Gasteiger partial charge >= 0.3 is 0 Å². The molecular weight excluding hydrogens is 318 g/mol. The Hall–Kier alpha value is -2.70. The third kappa shape index (κ3) is 4.23. The van der Waals surface area contributed by atoms with E-state index in [9.17, 15) is 9.59 Å². The number of anilines is 2. The monoisotopic (exact) mass is 339 g/mol. The third-order valence-electron chi connectivity index (χ3n) is 4.05. The van der Waals surface area contributed by atoms with Gasteiger partial charge in [-0.05, 0) is 30.3 Å². The van der Waals surface area contributed by atoms with Gasteiger partial charge in [-0.3, -0.25) is 9.59 Å². The molecule has 2 aromatic carbocycles. The summed E-state index contributed by atoms with van der Waals surface area (Å²) in [5.74, 6) is -0.355. The van der Waals surface area contributed by atoms with Crippen LogP contribution in [-0.2, 0) is 9.53 Å². The second-order valence-corrected chi connectivity index (χ2v) is 5.83. The quantitative estimate of drug-likeness (QED) is 0.892. The molecule has 1 aliphatic heterocycles. The molecule has 25 heavy (non-hydrogen) atoms. The number of para-hydroxylation sites is 1. The topological polar surface area (TPSA) is 70.7 Å². The minimum absolute atomic E-state index is 0.141. The predicted molar refractivity (Wildman–Crippen MR) is 96.9 cm³/mol. The van der Waals surface area contributed by atoms with Crippen LogP contribution in [0.4, 0.5) is 11.4 Å². The summed E-state index contributed by atoms with van der Waals surface area (Å²) < 4.78 is 5.44. The second-order valence-electron chi connectivity index (χ2n) is 5.83. The minimum atomic E-state index is -0.514. The number of benzene rings is 2. The normalized spacial score (nSPS) is 16.9. The Morgan fingerprint density at radius 2 is 1.96 bits per heavy atom. The van der Waals surface area contributed by atoms with E-state index in [0.717, 1.165) is 12.2 Å². The van der Waals surface area contributed by atoms with Crippen molar-refractivity contribution in [3.63, 3.8) is 0 Å². The van der Waals surface area contributed by atoms with Crippen molar-refractivity contribution in [3.05, 3.63) is 60.2 Å². The fraction of sp³-hybridized carbons (Fsp3) is 0.263. The first-order valence-corrected chi connectivity index (χ1v) is 8.21. The largest absolute Gasteiger partial charge is 0.366 e. The van der Waals surface area contributed by atoms with Crippen molar-refractivity contribution in [2.45, 2.75) is 6.10 Å². The Balaban J connectivity index is 1.70. The summed E-state index contributed by atoms with van der Waals surface area (Å²) in [7, 11) is 1.73. The highest BCUT2D eigenvalue weighted by Crippen LogP contribution is 2.17. The van der Waals surface area contributed by atoms with Crippen LogP contribution >= 0.6 is 0 Å². The van der Waals surface area contributed by atoms with Crippen LogP contribution in [0.2, 0.25) is 0 Å². The minimum Gasteiger partial charge on any atom is -0.366 e. The maximum absolute atomic E-state index is 12.7. The van der Waals surface area contributed by atoms with Crippen molar-refractivity contribution in [3.8, 4) is 0 Å². The van der Waals surface area contributed by atoms with Crippen LogP contribution in [0.1, 0.15) is 10.4 Å². The number of carbonyl (C=O) groups excluding carboxylic acids is 2. The standard InChI is InChI=1S/C19H21N3O3/c1-22(16-8-3-2-4-9-16)19(24)14-6-5-7-15(12-14)21-18(23)17-13-20-10-11-25-17/h2-9,12,17,20H,10-11,13H2,1H3,(H,21,23). The summed E-state index contributed by atoms with van der Waals surface area (Å²) in [5, 5.41) is 5.93. The Bertz CT molecular complexity index is 743. The van der Waals surface area contributed by atoms with Crippen LogP contribution in [0.25, 0.3) is 0 Å². The van der Waals surface area contributed by atoms with Crippen molar-refractivity contribution < 1.29 is 14.3 Å². The molecule has 2 amide bonds. The molecule has 0 aliphatic carbocycles. The van der Waals surface area contributed by atoms with Gasteiger partial charge in [-0.15, -0.1) is 0 Å². The molecule has 6 heteroatoms. The number of amides is 2. The Labute approximate surface area is 146 Å². The Morgan fingerprint density at radius 3 is 2.68 bits per heavy atom. The second kappa shape index (κ2) is 7.92. The SMILES string of the molecule is CN(C(=O)c1cccc(NC(=O)C2CNCCO2)c1)c1ccccc1. The molecule has 1 fully saturated rings. The third-order valence-corrected chi connectivity index (χ3v) is 4.05. The van der Waals surface area contributed by atoms with Crippen LogP contribution < -0.4 is 15.5 Å². The Morgan fingerprint density at radius 1 is 1.16 bits per heavy atom. The molecule has 0 spiro atoms. The van der Waals surface area contributed by atoms with Gasteiger partial charge in [0, 0.05) is 37.1 Å². The fourth-order valence-electron chi connectivity index (χ4n) is 2.65. The molecule has 3 rings (SSSR count). The fourth-order valence-corrected chi connectivity index (χ4v) is 2.65. The zero-order chi connectivity index (χ0) is 17.6. The maximum Gasteiger partial charge on any atom is 0.258 e. The van der Waals surface area contributed by atoms with Gasteiger partial charge in [-0.25, -0.2) is 0 Å². The van der Waals surface area contributed by atoms with Gasteiger partial charge in [0.05, 0.1) is 6.61 Å². The van der Waals surface area contributed by atoms with E-state index in [-0.39, 0.29) is 11.8 Å². The van der Waals surface area contributed by atoms with E-state index in [1.54, 1.807) is 36.2 Å². The number of ether oxygens (including phenoxy) is 1. The van der Waals surface area contributed by atoms with Gasteiger partial charge < -0.3 is 20.3 Å². The van der Waals surface area contributed by atoms with Crippen molar-refractivity contribution >= 4 is 23.2 Å². The van der Waals surface area contributed by atoms with Crippen molar-refractivity contribution in [1.82, 2.24) is 5.32 Å². The highest BCUT2D eigenvalue weighted by Gasteiger charge is 2.22. The lowest BCUT2D eigenvalue weighted by Gasteiger charge is -2.23. The summed E-state index contributed by atoms with van der Waals surface area (Å²) in [6, 6.07) is 16.3. The number of rotatable bonds is 4. The molecule has 1 atom stereocenters. The molecule has 0 aromatic heterocycles. The Kier molecular flexibility index (Phi) is 5.42. The van der Waals surface area contributed by atoms with Gasteiger partial charge in [0.15, 0.2) is 0 Å². The van der Waals surface area contributed by atoms with E-state index < -0.39 is 6.10 Å². The average molecular weight is 339 g/mol. The van der Waals surface area contributed by atoms with Gasteiger partial charge in [-0.2, -0.15) is 0 Å². The van der Waals surface area contributed by atoms with E-state index in [1.165, 1.54) is 0 Å². The highest BCUT2D eigenvalue weighted by molar-refractivity contribution is 6.06. The molecule has 6 nitrogen and oxygen atoms in total. The molecular formula is C19H21N3O3. The highest BCUT2D eigenvalue weighted by atomic mass is 16.5. The molecule has 1 heterocycles.